The van der Waals surface area contributed by atoms with Crippen LogP contribution in [0.15, 0.2) is 28.7 Å². The van der Waals surface area contributed by atoms with Crippen molar-refractivity contribution < 1.29 is 14.4 Å². The zero-order chi connectivity index (χ0) is 14.1. The van der Waals surface area contributed by atoms with Crippen LogP contribution in [0.4, 0.5) is 5.69 Å². The first-order valence-corrected chi connectivity index (χ1v) is 6.44. The third-order valence-corrected chi connectivity index (χ3v) is 2.70. The average Bonchev–Trinajstić information content (AvgIpc) is 2.41. The highest BCUT2D eigenvalue weighted by atomic mass is 79.9. The Labute approximate surface area is 119 Å². The number of hydrogen-bond donors (Lipinski definition) is 3. The second-order valence-electron chi connectivity index (χ2n) is 3.64. The molecule has 0 unspecified atom stereocenters. The van der Waals surface area contributed by atoms with Gasteiger partial charge in [-0.05, 0) is 30.7 Å². The van der Waals surface area contributed by atoms with Gasteiger partial charge in [0.15, 0.2) is 0 Å². The first kappa shape index (κ1) is 15.2. The third kappa shape index (κ3) is 6.01. The van der Waals surface area contributed by atoms with Gasteiger partial charge in [-0.1, -0.05) is 15.9 Å². The van der Waals surface area contributed by atoms with Gasteiger partial charge in [-0.2, -0.15) is 0 Å². The summed E-state index contributed by atoms with van der Waals surface area (Å²) in [6.07, 6.45) is 1.15. The average molecular weight is 328 g/mol. The number of carbonyl (C=O) groups is 3. The summed E-state index contributed by atoms with van der Waals surface area (Å²) in [5.41, 5.74) is 0.547. The Kier molecular flexibility index (Phi) is 6.59. The molecule has 0 aromatic heterocycles. The minimum absolute atomic E-state index is 0.327. The maximum Gasteiger partial charge on any atom is 0.313 e. The van der Waals surface area contributed by atoms with Gasteiger partial charge in [0.05, 0.1) is 0 Å². The third-order valence-electron chi connectivity index (χ3n) is 2.18. The molecule has 0 aliphatic carbocycles. The van der Waals surface area contributed by atoms with Crippen LogP contribution in [-0.2, 0) is 14.4 Å². The van der Waals surface area contributed by atoms with E-state index in [2.05, 4.69) is 31.9 Å². The lowest BCUT2D eigenvalue weighted by molar-refractivity contribution is -0.136. The number of amides is 3. The van der Waals surface area contributed by atoms with E-state index in [0.717, 1.165) is 4.47 Å². The Morgan fingerprint density at radius 3 is 2.42 bits per heavy atom. The van der Waals surface area contributed by atoms with E-state index in [4.69, 9.17) is 0 Å². The first-order chi connectivity index (χ1) is 9.13. The summed E-state index contributed by atoms with van der Waals surface area (Å²) in [5, 5.41) is 7.39. The highest BCUT2D eigenvalue weighted by molar-refractivity contribution is 9.10. The fourth-order valence-corrected chi connectivity index (χ4v) is 1.52. The van der Waals surface area contributed by atoms with Crippen LogP contribution in [0.3, 0.4) is 0 Å². The molecule has 3 amide bonds. The summed E-state index contributed by atoms with van der Waals surface area (Å²) in [6.45, 7) is 0.783. The maximum atomic E-state index is 11.5. The molecule has 102 valence electrons. The largest absolute Gasteiger partial charge is 0.359 e. The molecule has 7 heteroatoms. The van der Waals surface area contributed by atoms with Gasteiger partial charge >= 0.3 is 11.8 Å². The molecule has 0 heterocycles. The summed E-state index contributed by atoms with van der Waals surface area (Å²) in [7, 11) is 0. The molecule has 0 atom stereocenters. The van der Waals surface area contributed by atoms with Crippen LogP contribution in [0.25, 0.3) is 0 Å². The van der Waals surface area contributed by atoms with Crippen molar-refractivity contribution in [1.29, 1.82) is 0 Å². The van der Waals surface area contributed by atoms with Crippen LogP contribution in [0.1, 0.15) is 6.42 Å². The van der Waals surface area contributed by atoms with Gasteiger partial charge < -0.3 is 16.0 Å². The Morgan fingerprint density at radius 1 is 1.11 bits per heavy atom. The van der Waals surface area contributed by atoms with Crippen LogP contribution in [-0.4, -0.2) is 31.3 Å². The molecular weight excluding hydrogens is 314 g/mol. The van der Waals surface area contributed by atoms with Crippen LogP contribution < -0.4 is 16.0 Å². The summed E-state index contributed by atoms with van der Waals surface area (Å²) in [4.78, 5) is 32.9. The van der Waals surface area contributed by atoms with Gasteiger partial charge in [0.2, 0.25) is 6.41 Å². The van der Waals surface area contributed by atoms with Gasteiger partial charge in [0, 0.05) is 23.2 Å². The van der Waals surface area contributed by atoms with Crippen molar-refractivity contribution in [2.24, 2.45) is 0 Å². The highest BCUT2D eigenvalue weighted by Gasteiger charge is 2.12. The predicted molar refractivity (Wildman–Crippen MR) is 74.5 cm³/mol. The van der Waals surface area contributed by atoms with Crippen molar-refractivity contribution >= 4 is 39.8 Å². The number of rotatable bonds is 6. The van der Waals surface area contributed by atoms with Crippen molar-refractivity contribution in [2.45, 2.75) is 6.42 Å². The summed E-state index contributed by atoms with van der Waals surface area (Å²) in [5.74, 6) is -1.42. The maximum absolute atomic E-state index is 11.5. The molecule has 1 rings (SSSR count). The topological polar surface area (TPSA) is 87.3 Å². The second-order valence-corrected chi connectivity index (χ2v) is 4.56. The molecule has 19 heavy (non-hydrogen) atoms. The lowest BCUT2D eigenvalue weighted by Crippen LogP contribution is -2.36. The van der Waals surface area contributed by atoms with E-state index in [1.807, 2.05) is 0 Å². The van der Waals surface area contributed by atoms with E-state index < -0.39 is 11.8 Å². The zero-order valence-corrected chi connectivity index (χ0v) is 11.7. The minimum atomic E-state index is -0.717. The number of halogens is 1. The standard InChI is InChI=1S/C12H14BrN3O3/c13-9-2-4-10(5-3-9)16-12(19)11(18)15-7-1-6-14-8-17/h2-5,8H,1,6-7H2,(H,14,17)(H,15,18)(H,16,19). The van der Waals surface area contributed by atoms with Gasteiger partial charge in [0.25, 0.3) is 0 Å². The molecule has 0 saturated heterocycles. The Morgan fingerprint density at radius 2 is 1.79 bits per heavy atom. The molecule has 6 nitrogen and oxygen atoms in total. The summed E-state index contributed by atoms with van der Waals surface area (Å²) >= 11 is 3.27. The number of hydrogen-bond acceptors (Lipinski definition) is 3. The molecule has 1 aromatic carbocycles. The van der Waals surface area contributed by atoms with Crippen molar-refractivity contribution in [3.8, 4) is 0 Å². The predicted octanol–water partition coefficient (Wildman–Crippen LogP) is 0.640. The van der Waals surface area contributed by atoms with Crippen LogP contribution in [0.2, 0.25) is 0 Å². The lowest BCUT2D eigenvalue weighted by atomic mass is 10.3. The van der Waals surface area contributed by atoms with E-state index in [1.165, 1.54) is 0 Å². The quantitative estimate of drug-likeness (QED) is 0.407. The minimum Gasteiger partial charge on any atom is -0.359 e. The molecule has 0 radical (unpaired) electrons. The first-order valence-electron chi connectivity index (χ1n) is 5.65. The number of anilines is 1. The molecule has 0 aliphatic heterocycles. The normalized spacial score (nSPS) is 9.53. The molecular formula is C12H14BrN3O3. The fourth-order valence-electron chi connectivity index (χ4n) is 1.25. The van der Waals surface area contributed by atoms with E-state index in [-0.39, 0.29) is 0 Å². The molecule has 0 aliphatic rings. The number of nitrogens with one attached hydrogen (secondary N) is 3. The molecule has 3 N–H and O–H groups in total. The SMILES string of the molecule is O=CNCCCNC(=O)C(=O)Nc1ccc(Br)cc1. The molecule has 0 spiro atoms. The number of carbonyl (C=O) groups excluding carboxylic acids is 3. The fraction of sp³-hybridized carbons (Fsp3) is 0.250. The lowest BCUT2D eigenvalue weighted by Gasteiger charge is -2.06. The molecule has 0 fully saturated rings. The monoisotopic (exact) mass is 327 g/mol. The Bertz CT molecular complexity index is 448. The van der Waals surface area contributed by atoms with Crippen molar-refractivity contribution in [1.82, 2.24) is 10.6 Å². The van der Waals surface area contributed by atoms with Gasteiger partial charge in [-0.25, -0.2) is 0 Å². The van der Waals surface area contributed by atoms with E-state index in [9.17, 15) is 14.4 Å². The van der Waals surface area contributed by atoms with Gasteiger partial charge in [0.1, 0.15) is 0 Å². The summed E-state index contributed by atoms with van der Waals surface area (Å²) in [6, 6.07) is 6.89. The molecule has 0 saturated carbocycles. The van der Waals surface area contributed by atoms with E-state index in [1.54, 1.807) is 24.3 Å². The van der Waals surface area contributed by atoms with Crippen molar-refractivity contribution in [3.05, 3.63) is 28.7 Å². The molecule has 1 aromatic rings. The van der Waals surface area contributed by atoms with Crippen LogP contribution >= 0.6 is 15.9 Å². The second kappa shape index (κ2) is 8.25. The zero-order valence-electron chi connectivity index (χ0n) is 10.1. The van der Waals surface area contributed by atoms with Crippen LogP contribution in [0.5, 0.6) is 0 Å². The van der Waals surface area contributed by atoms with Crippen molar-refractivity contribution in [2.75, 3.05) is 18.4 Å². The van der Waals surface area contributed by atoms with E-state index >= 15 is 0 Å². The Hall–Kier alpha value is -1.89. The number of benzene rings is 1. The smallest absolute Gasteiger partial charge is 0.313 e. The Balaban J connectivity index is 2.30. The summed E-state index contributed by atoms with van der Waals surface area (Å²) < 4.78 is 0.887. The van der Waals surface area contributed by atoms with Gasteiger partial charge in [-0.3, -0.25) is 14.4 Å². The highest BCUT2D eigenvalue weighted by Crippen LogP contribution is 2.13. The molecule has 0 bridgehead atoms. The van der Waals surface area contributed by atoms with Crippen molar-refractivity contribution in [3.63, 3.8) is 0 Å². The van der Waals surface area contributed by atoms with Crippen LogP contribution in [0, 0.1) is 0 Å². The van der Waals surface area contributed by atoms with E-state index in [0.29, 0.717) is 31.6 Å². The van der Waals surface area contributed by atoms with Gasteiger partial charge in [-0.15, -0.1) is 0 Å².